The van der Waals surface area contributed by atoms with Gasteiger partial charge in [-0.05, 0) is 12.5 Å². The maximum absolute atomic E-state index is 5.83. The van der Waals surface area contributed by atoms with Gasteiger partial charge in [-0.1, -0.05) is 25.4 Å². The molecule has 0 spiro atoms. The molecule has 0 bridgehead atoms. The fourth-order valence-corrected chi connectivity index (χ4v) is 1.35. The summed E-state index contributed by atoms with van der Waals surface area (Å²) in [5.74, 6) is 0. The van der Waals surface area contributed by atoms with Crippen LogP contribution in [0, 0.1) is 6.92 Å². The van der Waals surface area contributed by atoms with E-state index >= 15 is 0 Å². The molecule has 0 aromatic carbocycles. The van der Waals surface area contributed by atoms with E-state index in [1.807, 2.05) is 27.0 Å². The molecule has 0 unspecified atom stereocenters. The third-order valence-corrected chi connectivity index (χ3v) is 1.91. The average molecular weight is 198 g/mol. The van der Waals surface area contributed by atoms with Crippen LogP contribution < -0.4 is 0 Å². The normalized spacial score (nSPS) is 9.54. The standard InChI is InChI=1S/C7H6ClN3.C2H6/c1-4-2-9-7-5(4)6(8)10-3-11-7;1-2/h2-3H,1H3,(H,9,10,11);1-2H3. The summed E-state index contributed by atoms with van der Waals surface area (Å²) in [5.41, 5.74) is 1.87. The number of aryl methyl sites for hydroxylation is 1. The fourth-order valence-electron chi connectivity index (χ4n) is 1.07. The Labute approximate surface area is 82.2 Å². The number of nitrogens with one attached hydrogen (secondary N) is 1. The molecule has 0 saturated heterocycles. The average Bonchev–Trinajstić information content (AvgIpc) is 2.53. The van der Waals surface area contributed by atoms with Crippen molar-refractivity contribution in [1.82, 2.24) is 15.0 Å². The quantitative estimate of drug-likeness (QED) is 0.660. The van der Waals surface area contributed by atoms with Crippen LogP contribution in [0.3, 0.4) is 0 Å². The first-order valence-electron chi connectivity index (χ1n) is 4.23. The molecule has 0 aliphatic carbocycles. The highest BCUT2D eigenvalue weighted by atomic mass is 35.5. The molecule has 0 amide bonds. The zero-order chi connectivity index (χ0) is 9.84. The molecule has 0 radical (unpaired) electrons. The third kappa shape index (κ3) is 1.80. The van der Waals surface area contributed by atoms with Crippen LogP contribution in [0.5, 0.6) is 0 Å². The highest BCUT2D eigenvalue weighted by Crippen LogP contribution is 2.21. The topological polar surface area (TPSA) is 41.6 Å². The van der Waals surface area contributed by atoms with Crippen LogP contribution in [-0.4, -0.2) is 15.0 Å². The highest BCUT2D eigenvalue weighted by Gasteiger charge is 2.04. The predicted molar refractivity (Wildman–Crippen MR) is 55.0 cm³/mol. The van der Waals surface area contributed by atoms with Crippen molar-refractivity contribution < 1.29 is 0 Å². The maximum Gasteiger partial charge on any atom is 0.142 e. The Morgan fingerprint density at radius 3 is 2.62 bits per heavy atom. The highest BCUT2D eigenvalue weighted by molar-refractivity contribution is 6.34. The van der Waals surface area contributed by atoms with Crippen LogP contribution in [0.25, 0.3) is 11.0 Å². The molecule has 4 heteroatoms. The number of H-pyrrole nitrogens is 1. The lowest BCUT2D eigenvalue weighted by Crippen LogP contribution is -1.80. The van der Waals surface area contributed by atoms with Crippen molar-refractivity contribution in [3.8, 4) is 0 Å². The lowest BCUT2D eigenvalue weighted by atomic mass is 10.3. The van der Waals surface area contributed by atoms with Crippen LogP contribution in [-0.2, 0) is 0 Å². The number of halogens is 1. The van der Waals surface area contributed by atoms with E-state index < -0.39 is 0 Å². The molecule has 2 aromatic heterocycles. The summed E-state index contributed by atoms with van der Waals surface area (Å²) in [4.78, 5) is 10.9. The number of fused-ring (bicyclic) bond motifs is 1. The number of hydrogen-bond donors (Lipinski definition) is 1. The zero-order valence-electron chi connectivity index (χ0n) is 7.93. The SMILES string of the molecule is CC.Cc1c[nH]c2ncnc(Cl)c12. The molecule has 2 aromatic rings. The number of rotatable bonds is 0. The van der Waals surface area contributed by atoms with Gasteiger partial charge in [0.15, 0.2) is 0 Å². The minimum absolute atomic E-state index is 0.508. The van der Waals surface area contributed by atoms with E-state index in [-0.39, 0.29) is 0 Å². The molecule has 3 nitrogen and oxygen atoms in total. The van der Waals surface area contributed by atoms with Gasteiger partial charge in [0, 0.05) is 6.20 Å². The number of nitrogens with zero attached hydrogens (tertiary/aromatic N) is 2. The Morgan fingerprint density at radius 2 is 2.00 bits per heavy atom. The number of hydrogen-bond acceptors (Lipinski definition) is 2. The minimum atomic E-state index is 0.508. The number of aromatic amines is 1. The van der Waals surface area contributed by atoms with E-state index in [4.69, 9.17) is 11.6 Å². The molecular formula is C9H12ClN3. The summed E-state index contributed by atoms with van der Waals surface area (Å²) in [5, 5.41) is 1.42. The van der Waals surface area contributed by atoms with Gasteiger partial charge in [0.05, 0.1) is 5.39 Å². The van der Waals surface area contributed by atoms with Crippen molar-refractivity contribution >= 4 is 22.6 Å². The molecule has 0 aliphatic heterocycles. The maximum atomic E-state index is 5.83. The fraction of sp³-hybridized carbons (Fsp3) is 0.333. The summed E-state index contributed by atoms with van der Waals surface area (Å²) in [6.45, 7) is 5.97. The smallest absolute Gasteiger partial charge is 0.142 e. The first-order chi connectivity index (χ1) is 6.29. The van der Waals surface area contributed by atoms with Gasteiger partial charge in [0.25, 0.3) is 0 Å². The summed E-state index contributed by atoms with van der Waals surface area (Å²) >= 11 is 5.83. The molecule has 0 fully saturated rings. The second-order valence-corrected chi connectivity index (χ2v) is 2.72. The van der Waals surface area contributed by atoms with Gasteiger partial charge in [0.2, 0.25) is 0 Å². The van der Waals surface area contributed by atoms with Gasteiger partial charge >= 0.3 is 0 Å². The number of aromatic nitrogens is 3. The van der Waals surface area contributed by atoms with Gasteiger partial charge in [0.1, 0.15) is 17.1 Å². The summed E-state index contributed by atoms with van der Waals surface area (Å²) in [7, 11) is 0. The summed E-state index contributed by atoms with van der Waals surface area (Å²) in [6, 6.07) is 0. The Morgan fingerprint density at radius 1 is 1.31 bits per heavy atom. The first-order valence-corrected chi connectivity index (χ1v) is 4.61. The van der Waals surface area contributed by atoms with Crippen LogP contribution in [0.4, 0.5) is 0 Å². The zero-order valence-corrected chi connectivity index (χ0v) is 8.68. The van der Waals surface area contributed by atoms with Gasteiger partial charge in [-0.3, -0.25) is 0 Å². The van der Waals surface area contributed by atoms with E-state index in [1.165, 1.54) is 6.33 Å². The molecule has 0 aliphatic rings. The molecule has 13 heavy (non-hydrogen) atoms. The largest absolute Gasteiger partial charge is 0.346 e. The molecular weight excluding hydrogens is 186 g/mol. The van der Waals surface area contributed by atoms with Crippen molar-refractivity contribution in [2.24, 2.45) is 0 Å². The summed E-state index contributed by atoms with van der Waals surface area (Å²) in [6.07, 6.45) is 3.31. The van der Waals surface area contributed by atoms with Crippen molar-refractivity contribution in [1.29, 1.82) is 0 Å². The van der Waals surface area contributed by atoms with Crippen molar-refractivity contribution in [2.75, 3.05) is 0 Å². The van der Waals surface area contributed by atoms with Crippen molar-refractivity contribution in [3.05, 3.63) is 23.2 Å². The minimum Gasteiger partial charge on any atom is -0.346 e. The Bertz CT molecular complexity index is 395. The van der Waals surface area contributed by atoms with E-state index in [0.29, 0.717) is 5.15 Å². The van der Waals surface area contributed by atoms with Gasteiger partial charge in [-0.15, -0.1) is 0 Å². The van der Waals surface area contributed by atoms with E-state index in [2.05, 4.69) is 15.0 Å². The van der Waals surface area contributed by atoms with Crippen LogP contribution in [0.1, 0.15) is 19.4 Å². The Hall–Kier alpha value is -1.09. The van der Waals surface area contributed by atoms with Crippen LogP contribution >= 0.6 is 11.6 Å². The third-order valence-electron chi connectivity index (χ3n) is 1.62. The van der Waals surface area contributed by atoms with Crippen molar-refractivity contribution in [2.45, 2.75) is 20.8 Å². The van der Waals surface area contributed by atoms with Crippen molar-refractivity contribution in [3.63, 3.8) is 0 Å². The van der Waals surface area contributed by atoms with E-state index in [1.54, 1.807) is 0 Å². The van der Waals surface area contributed by atoms with Crippen LogP contribution in [0.15, 0.2) is 12.5 Å². The predicted octanol–water partition coefficient (Wildman–Crippen LogP) is 2.95. The molecule has 70 valence electrons. The lowest BCUT2D eigenvalue weighted by Gasteiger charge is -1.91. The molecule has 2 rings (SSSR count). The molecule has 1 N–H and O–H groups in total. The molecule has 0 saturated carbocycles. The molecule has 0 atom stereocenters. The lowest BCUT2D eigenvalue weighted by molar-refractivity contribution is 1.20. The summed E-state index contributed by atoms with van der Waals surface area (Å²) < 4.78 is 0. The Balaban J connectivity index is 0.000000396. The second-order valence-electron chi connectivity index (χ2n) is 2.36. The first kappa shape index (κ1) is 9.99. The second kappa shape index (κ2) is 4.23. The van der Waals surface area contributed by atoms with Gasteiger partial charge < -0.3 is 4.98 Å². The monoisotopic (exact) mass is 197 g/mol. The van der Waals surface area contributed by atoms with E-state index in [9.17, 15) is 0 Å². The van der Waals surface area contributed by atoms with E-state index in [0.717, 1.165) is 16.6 Å². The van der Waals surface area contributed by atoms with Crippen LogP contribution in [0.2, 0.25) is 5.15 Å². The van der Waals surface area contributed by atoms with Gasteiger partial charge in [-0.2, -0.15) is 0 Å². The molecule has 2 heterocycles. The van der Waals surface area contributed by atoms with Gasteiger partial charge in [-0.25, -0.2) is 9.97 Å². The Kier molecular flexibility index (Phi) is 3.25.